The summed E-state index contributed by atoms with van der Waals surface area (Å²) in [7, 11) is 0. The molecule has 2 aliphatic rings. The molecule has 0 saturated carbocycles. The molecule has 2 aliphatic heterocycles. The minimum Gasteiger partial charge on any atom is -0.354 e. The van der Waals surface area contributed by atoms with Crippen molar-refractivity contribution < 1.29 is 9.59 Å². The van der Waals surface area contributed by atoms with E-state index >= 15 is 0 Å². The van der Waals surface area contributed by atoms with Gasteiger partial charge in [0.05, 0.1) is 5.54 Å². The number of carbonyl (C=O) groups excluding carboxylic acids is 2. The maximum absolute atomic E-state index is 12.5. The molecule has 2 heterocycles. The molecule has 3 N–H and O–H groups in total. The summed E-state index contributed by atoms with van der Waals surface area (Å²) in [6, 6.07) is -0.355. The SMILES string of the molecule is CCCC1(C(=O)NC2CCCCNC2=O)CCCN1. The van der Waals surface area contributed by atoms with E-state index in [1.807, 2.05) is 0 Å². The van der Waals surface area contributed by atoms with E-state index in [0.717, 1.165) is 58.0 Å². The Morgan fingerprint density at radius 1 is 1.37 bits per heavy atom. The molecule has 0 aromatic carbocycles. The van der Waals surface area contributed by atoms with E-state index in [1.54, 1.807) is 0 Å². The summed E-state index contributed by atoms with van der Waals surface area (Å²) >= 11 is 0. The normalized spacial score (nSPS) is 31.6. The van der Waals surface area contributed by atoms with Gasteiger partial charge in [-0.2, -0.15) is 0 Å². The van der Waals surface area contributed by atoms with E-state index in [1.165, 1.54) is 0 Å². The molecule has 5 nitrogen and oxygen atoms in total. The molecule has 0 bridgehead atoms. The van der Waals surface area contributed by atoms with Gasteiger partial charge >= 0.3 is 0 Å². The van der Waals surface area contributed by atoms with Crippen LogP contribution in [0.1, 0.15) is 51.9 Å². The van der Waals surface area contributed by atoms with Crippen molar-refractivity contribution in [3.8, 4) is 0 Å². The van der Waals surface area contributed by atoms with Crippen LogP contribution in [0.15, 0.2) is 0 Å². The largest absolute Gasteiger partial charge is 0.354 e. The van der Waals surface area contributed by atoms with Crippen LogP contribution in [0, 0.1) is 0 Å². The first-order valence-electron chi connectivity index (χ1n) is 7.52. The zero-order chi connectivity index (χ0) is 13.7. The summed E-state index contributed by atoms with van der Waals surface area (Å²) < 4.78 is 0. The van der Waals surface area contributed by atoms with Gasteiger partial charge in [-0.25, -0.2) is 0 Å². The molecule has 2 unspecified atom stereocenters. The Bertz CT molecular complexity index is 338. The van der Waals surface area contributed by atoms with Crippen LogP contribution in [0.25, 0.3) is 0 Å². The van der Waals surface area contributed by atoms with E-state index in [2.05, 4.69) is 22.9 Å². The maximum Gasteiger partial charge on any atom is 0.242 e. The molecule has 2 saturated heterocycles. The highest BCUT2D eigenvalue weighted by Gasteiger charge is 2.41. The van der Waals surface area contributed by atoms with E-state index in [-0.39, 0.29) is 17.9 Å². The number of nitrogens with one attached hydrogen (secondary N) is 3. The summed E-state index contributed by atoms with van der Waals surface area (Å²) in [5.74, 6) is -0.0237. The smallest absolute Gasteiger partial charge is 0.242 e. The highest BCUT2D eigenvalue weighted by Crippen LogP contribution is 2.25. The lowest BCUT2D eigenvalue weighted by atomic mass is 9.90. The standard InChI is InChI=1S/C14H25N3O2/c1-2-7-14(8-5-10-16-14)13(19)17-11-6-3-4-9-15-12(11)18/h11,16H,2-10H2,1H3,(H,15,18)(H,17,19). The van der Waals surface area contributed by atoms with Crippen molar-refractivity contribution in [1.82, 2.24) is 16.0 Å². The van der Waals surface area contributed by atoms with Gasteiger partial charge in [0.25, 0.3) is 0 Å². The molecule has 2 atom stereocenters. The average Bonchev–Trinajstić information content (AvgIpc) is 2.78. The molecule has 108 valence electrons. The van der Waals surface area contributed by atoms with E-state index in [9.17, 15) is 9.59 Å². The molecule has 0 spiro atoms. The van der Waals surface area contributed by atoms with Crippen LogP contribution in [0.3, 0.4) is 0 Å². The lowest BCUT2D eigenvalue weighted by Gasteiger charge is -2.29. The van der Waals surface area contributed by atoms with Crippen LogP contribution in [0.5, 0.6) is 0 Å². The summed E-state index contributed by atoms with van der Waals surface area (Å²) in [6.07, 6.45) is 6.45. The Labute approximate surface area is 114 Å². The van der Waals surface area contributed by atoms with Crippen molar-refractivity contribution in [2.24, 2.45) is 0 Å². The van der Waals surface area contributed by atoms with Gasteiger partial charge in [-0.1, -0.05) is 13.3 Å². The third kappa shape index (κ3) is 3.26. The summed E-state index contributed by atoms with van der Waals surface area (Å²) in [6.45, 7) is 3.71. The lowest BCUT2D eigenvalue weighted by Crippen LogP contribution is -2.58. The second-order valence-electron chi connectivity index (χ2n) is 5.68. The average molecular weight is 267 g/mol. The Morgan fingerprint density at radius 2 is 2.21 bits per heavy atom. The summed E-state index contributed by atoms with van der Waals surface area (Å²) in [4.78, 5) is 24.4. The van der Waals surface area contributed by atoms with Crippen LogP contribution in [0.2, 0.25) is 0 Å². The Balaban J connectivity index is 1.99. The van der Waals surface area contributed by atoms with Crippen molar-refractivity contribution >= 4 is 11.8 Å². The summed E-state index contributed by atoms with van der Waals surface area (Å²) in [5, 5.41) is 9.17. The maximum atomic E-state index is 12.5. The van der Waals surface area contributed by atoms with Crippen LogP contribution < -0.4 is 16.0 Å². The van der Waals surface area contributed by atoms with Gasteiger partial charge in [-0.15, -0.1) is 0 Å². The van der Waals surface area contributed by atoms with Crippen molar-refractivity contribution in [2.75, 3.05) is 13.1 Å². The molecule has 19 heavy (non-hydrogen) atoms. The van der Waals surface area contributed by atoms with Gasteiger partial charge in [0, 0.05) is 6.54 Å². The minimum atomic E-state index is -0.443. The molecule has 2 fully saturated rings. The first-order valence-corrected chi connectivity index (χ1v) is 7.52. The molecule has 0 aromatic rings. The van der Waals surface area contributed by atoms with Gasteiger partial charge in [0.15, 0.2) is 0 Å². The minimum absolute atomic E-state index is 0.00824. The van der Waals surface area contributed by atoms with Crippen LogP contribution in [0.4, 0.5) is 0 Å². The van der Waals surface area contributed by atoms with Gasteiger partial charge in [0.2, 0.25) is 11.8 Å². The van der Waals surface area contributed by atoms with E-state index < -0.39 is 5.54 Å². The van der Waals surface area contributed by atoms with Crippen molar-refractivity contribution in [3.63, 3.8) is 0 Å². The van der Waals surface area contributed by atoms with Gasteiger partial charge in [0.1, 0.15) is 6.04 Å². The molecule has 2 rings (SSSR count). The van der Waals surface area contributed by atoms with E-state index in [0.29, 0.717) is 0 Å². The van der Waals surface area contributed by atoms with E-state index in [4.69, 9.17) is 0 Å². The van der Waals surface area contributed by atoms with Crippen LogP contribution >= 0.6 is 0 Å². The van der Waals surface area contributed by atoms with Gasteiger partial charge < -0.3 is 16.0 Å². The fourth-order valence-electron chi connectivity index (χ4n) is 3.13. The van der Waals surface area contributed by atoms with Crippen molar-refractivity contribution in [1.29, 1.82) is 0 Å². The first-order chi connectivity index (χ1) is 9.18. The fraction of sp³-hybridized carbons (Fsp3) is 0.857. The highest BCUT2D eigenvalue weighted by atomic mass is 16.2. The molecular weight excluding hydrogens is 242 g/mol. The predicted octanol–water partition coefficient (Wildman–Crippen LogP) is 0.694. The Hall–Kier alpha value is -1.10. The predicted molar refractivity (Wildman–Crippen MR) is 73.7 cm³/mol. The molecule has 2 amide bonds. The Kier molecular flexibility index (Phi) is 4.80. The van der Waals surface area contributed by atoms with Crippen molar-refractivity contribution in [3.05, 3.63) is 0 Å². The number of hydrogen-bond donors (Lipinski definition) is 3. The second kappa shape index (κ2) is 6.37. The number of hydrogen-bond acceptors (Lipinski definition) is 3. The summed E-state index contributed by atoms with van der Waals surface area (Å²) in [5.41, 5.74) is -0.443. The molecule has 0 radical (unpaired) electrons. The zero-order valence-corrected chi connectivity index (χ0v) is 11.8. The van der Waals surface area contributed by atoms with Crippen LogP contribution in [-0.4, -0.2) is 36.5 Å². The molecule has 0 aromatic heterocycles. The van der Waals surface area contributed by atoms with Gasteiger partial charge in [-0.05, 0) is 45.1 Å². The van der Waals surface area contributed by atoms with Crippen LogP contribution in [-0.2, 0) is 9.59 Å². The molecular formula is C14H25N3O2. The third-order valence-electron chi connectivity index (χ3n) is 4.20. The second-order valence-corrected chi connectivity index (χ2v) is 5.68. The first kappa shape index (κ1) is 14.3. The number of carbonyl (C=O) groups is 2. The number of amides is 2. The molecule has 5 heteroatoms. The monoisotopic (exact) mass is 267 g/mol. The lowest BCUT2D eigenvalue weighted by molar-refractivity contribution is -0.132. The third-order valence-corrected chi connectivity index (χ3v) is 4.20. The quantitative estimate of drug-likeness (QED) is 0.702. The Morgan fingerprint density at radius 3 is 2.89 bits per heavy atom. The van der Waals surface area contributed by atoms with Gasteiger partial charge in [-0.3, -0.25) is 9.59 Å². The number of rotatable bonds is 4. The van der Waals surface area contributed by atoms with Crippen molar-refractivity contribution in [2.45, 2.75) is 63.5 Å². The molecule has 0 aliphatic carbocycles. The fourth-order valence-corrected chi connectivity index (χ4v) is 3.13. The topological polar surface area (TPSA) is 70.2 Å². The zero-order valence-electron chi connectivity index (χ0n) is 11.8. The highest BCUT2D eigenvalue weighted by molar-refractivity contribution is 5.92.